The number of guanidine groups is 1. The van der Waals surface area contributed by atoms with Gasteiger partial charge < -0.3 is 20.7 Å². The number of carbonyl (C=O) groups is 1. The zero-order valence-electron chi connectivity index (χ0n) is 14.6. The van der Waals surface area contributed by atoms with E-state index < -0.39 is 0 Å². The highest BCUT2D eigenvalue weighted by Gasteiger charge is 2.23. The topological polar surface area (TPSA) is 74.8 Å². The zero-order valence-corrected chi connectivity index (χ0v) is 16.9. The molecule has 25 heavy (non-hydrogen) atoms. The molecular formula is C18H27IN4O2. The van der Waals surface area contributed by atoms with E-state index in [1.54, 1.807) is 6.08 Å². The Balaban J connectivity index is 0.00000312. The normalized spacial score (nSPS) is 16.7. The Labute approximate surface area is 166 Å². The lowest BCUT2D eigenvalue weighted by atomic mass is 10.2. The molecule has 1 unspecified atom stereocenters. The summed E-state index contributed by atoms with van der Waals surface area (Å²) in [4.78, 5) is 16.6. The molecule has 1 amide bonds. The summed E-state index contributed by atoms with van der Waals surface area (Å²) in [6.07, 6.45) is 3.19. The first-order chi connectivity index (χ1) is 11.7. The van der Waals surface area contributed by atoms with Crippen molar-refractivity contribution in [1.29, 1.82) is 0 Å². The third kappa shape index (κ3) is 7.43. The van der Waals surface area contributed by atoms with Crippen molar-refractivity contribution in [3.63, 3.8) is 0 Å². The summed E-state index contributed by atoms with van der Waals surface area (Å²) in [6.45, 7) is 8.34. The highest BCUT2D eigenvalue weighted by Crippen LogP contribution is 2.16. The summed E-state index contributed by atoms with van der Waals surface area (Å²) in [7, 11) is 0. The van der Waals surface area contributed by atoms with Crippen molar-refractivity contribution in [2.75, 3.05) is 25.0 Å². The van der Waals surface area contributed by atoms with Gasteiger partial charge in [0.2, 0.25) is 0 Å². The minimum atomic E-state index is -0.324. The van der Waals surface area contributed by atoms with Crippen LogP contribution in [-0.2, 0) is 16.1 Å². The van der Waals surface area contributed by atoms with E-state index >= 15 is 0 Å². The van der Waals surface area contributed by atoms with Crippen molar-refractivity contribution in [3.8, 4) is 0 Å². The lowest BCUT2D eigenvalue weighted by molar-refractivity contribution is -0.124. The molecule has 1 saturated heterocycles. The number of halogens is 1. The fourth-order valence-electron chi connectivity index (χ4n) is 2.44. The average Bonchev–Trinajstić information content (AvgIpc) is 3.12. The van der Waals surface area contributed by atoms with Gasteiger partial charge in [-0.3, -0.25) is 4.79 Å². The SMILES string of the molecule is C=CCNC(=NCc1cccc(NC(=O)C2CCCO2)c1)NCC.I. The maximum absolute atomic E-state index is 12.1. The van der Waals surface area contributed by atoms with Crippen LogP contribution in [0.25, 0.3) is 0 Å². The molecular weight excluding hydrogens is 431 g/mol. The molecule has 6 nitrogen and oxygen atoms in total. The van der Waals surface area contributed by atoms with Gasteiger partial charge in [-0.15, -0.1) is 30.6 Å². The van der Waals surface area contributed by atoms with Gasteiger partial charge in [0.15, 0.2) is 5.96 Å². The summed E-state index contributed by atoms with van der Waals surface area (Å²) < 4.78 is 5.40. The van der Waals surface area contributed by atoms with Crippen LogP contribution in [-0.4, -0.2) is 37.7 Å². The number of aliphatic imine (C=N–C) groups is 1. The zero-order chi connectivity index (χ0) is 17.2. The molecule has 1 heterocycles. The largest absolute Gasteiger partial charge is 0.368 e. The van der Waals surface area contributed by atoms with Crippen LogP contribution in [0.15, 0.2) is 41.9 Å². The molecule has 3 N–H and O–H groups in total. The number of carbonyl (C=O) groups excluding carboxylic acids is 1. The molecule has 1 aliphatic heterocycles. The molecule has 0 aliphatic carbocycles. The second-order valence-electron chi connectivity index (χ2n) is 5.56. The fraction of sp³-hybridized carbons (Fsp3) is 0.444. The molecule has 1 aromatic rings. The maximum atomic E-state index is 12.1. The smallest absolute Gasteiger partial charge is 0.253 e. The third-order valence-corrected chi connectivity index (χ3v) is 3.59. The minimum Gasteiger partial charge on any atom is -0.368 e. The van der Waals surface area contributed by atoms with Crippen LogP contribution in [0.5, 0.6) is 0 Å². The lowest BCUT2D eigenvalue weighted by Gasteiger charge is -2.12. The quantitative estimate of drug-likeness (QED) is 0.254. The monoisotopic (exact) mass is 458 g/mol. The van der Waals surface area contributed by atoms with Gasteiger partial charge in [-0.1, -0.05) is 18.2 Å². The van der Waals surface area contributed by atoms with Gasteiger partial charge in [0.05, 0.1) is 6.54 Å². The number of hydrogen-bond donors (Lipinski definition) is 3. The first kappa shape index (κ1) is 21.4. The Morgan fingerprint density at radius 3 is 2.96 bits per heavy atom. The van der Waals surface area contributed by atoms with Gasteiger partial charge >= 0.3 is 0 Å². The molecule has 0 spiro atoms. The second-order valence-corrected chi connectivity index (χ2v) is 5.56. The number of rotatable bonds is 7. The molecule has 1 atom stereocenters. The highest BCUT2D eigenvalue weighted by atomic mass is 127. The molecule has 138 valence electrons. The van der Waals surface area contributed by atoms with Gasteiger partial charge in [0, 0.05) is 25.4 Å². The first-order valence-corrected chi connectivity index (χ1v) is 8.37. The van der Waals surface area contributed by atoms with E-state index in [1.165, 1.54) is 0 Å². The molecule has 1 aliphatic rings. The average molecular weight is 458 g/mol. The molecule has 0 saturated carbocycles. The summed E-state index contributed by atoms with van der Waals surface area (Å²) in [6, 6.07) is 7.72. The van der Waals surface area contributed by atoms with Crippen molar-refractivity contribution in [2.24, 2.45) is 4.99 Å². The minimum absolute atomic E-state index is 0. The number of nitrogens with one attached hydrogen (secondary N) is 3. The molecule has 7 heteroatoms. The van der Waals surface area contributed by atoms with E-state index in [1.807, 2.05) is 31.2 Å². The number of nitrogens with zero attached hydrogens (tertiary/aromatic N) is 1. The molecule has 0 aromatic heterocycles. The van der Waals surface area contributed by atoms with Gasteiger partial charge in [-0.05, 0) is 37.5 Å². The van der Waals surface area contributed by atoms with E-state index in [0.29, 0.717) is 19.7 Å². The number of anilines is 1. The predicted molar refractivity (Wildman–Crippen MR) is 112 cm³/mol. The van der Waals surface area contributed by atoms with Crippen LogP contribution in [0.2, 0.25) is 0 Å². The predicted octanol–water partition coefficient (Wildman–Crippen LogP) is 2.66. The van der Waals surface area contributed by atoms with Crippen molar-refractivity contribution in [2.45, 2.75) is 32.4 Å². The summed E-state index contributed by atoms with van der Waals surface area (Å²) in [5, 5.41) is 9.25. The van der Waals surface area contributed by atoms with Crippen molar-refractivity contribution in [1.82, 2.24) is 10.6 Å². The Bertz CT molecular complexity index is 586. The standard InChI is InChI=1S/C18H26N4O2.HI/c1-3-10-20-18(19-4-2)21-13-14-7-5-8-15(12-14)22-17(23)16-9-6-11-24-16;/h3,5,7-8,12,16H,1,4,6,9-11,13H2,2H3,(H,22,23)(H2,19,20,21);1H. The van der Waals surface area contributed by atoms with Crippen LogP contribution in [0.1, 0.15) is 25.3 Å². The van der Waals surface area contributed by atoms with Gasteiger partial charge in [-0.25, -0.2) is 4.99 Å². The number of hydrogen-bond acceptors (Lipinski definition) is 3. The van der Waals surface area contributed by atoms with Crippen molar-refractivity contribution in [3.05, 3.63) is 42.5 Å². The first-order valence-electron chi connectivity index (χ1n) is 8.37. The van der Waals surface area contributed by atoms with Crippen molar-refractivity contribution < 1.29 is 9.53 Å². The van der Waals surface area contributed by atoms with Gasteiger partial charge in [0.1, 0.15) is 6.10 Å². The van der Waals surface area contributed by atoms with Gasteiger partial charge in [0.25, 0.3) is 5.91 Å². The second kappa shape index (κ2) is 11.9. The Morgan fingerprint density at radius 1 is 1.44 bits per heavy atom. The van der Waals surface area contributed by atoms with Crippen LogP contribution in [0.3, 0.4) is 0 Å². The Kier molecular flexibility index (Phi) is 10.2. The van der Waals surface area contributed by atoms with Crippen LogP contribution in [0.4, 0.5) is 5.69 Å². The Morgan fingerprint density at radius 2 is 2.28 bits per heavy atom. The summed E-state index contributed by atoms with van der Waals surface area (Å²) >= 11 is 0. The summed E-state index contributed by atoms with van der Waals surface area (Å²) in [5.74, 6) is 0.667. The number of ether oxygens (including phenoxy) is 1. The van der Waals surface area contributed by atoms with Crippen molar-refractivity contribution >= 4 is 41.5 Å². The number of benzene rings is 1. The summed E-state index contributed by atoms with van der Waals surface area (Å²) in [5.41, 5.74) is 1.79. The fourth-order valence-corrected chi connectivity index (χ4v) is 2.44. The molecule has 1 aromatic carbocycles. The van der Waals surface area contributed by atoms with E-state index in [4.69, 9.17) is 4.74 Å². The van der Waals surface area contributed by atoms with Crippen LogP contribution >= 0.6 is 24.0 Å². The molecule has 1 fully saturated rings. The molecule has 0 bridgehead atoms. The van der Waals surface area contributed by atoms with Gasteiger partial charge in [-0.2, -0.15) is 0 Å². The molecule has 0 radical (unpaired) electrons. The Hall–Kier alpha value is -1.61. The molecule has 2 rings (SSSR count). The van der Waals surface area contributed by atoms with E-state index in [-0.39, 0.29) is 36.0 Å². The van der Waals surface area contributed by atoms with E-state index in [2.05, 4.69) is 27.5 Å². The van der Waals surface area contributed by atoms with E-state index in [0.717, 1.165) is 36.6 Å². The van der Waals surface area contributed by atoms with E-state index in [9.17, 15) is 4.79 Å². The third-order valence-electron chi connectivity index (χ3n) is 3.59. The number of amides is 1. The van der Waals surface area contributed by atoms with Crippen LogP contribution < -0.4 is 16.0 Å². The highest BCUT2D eigenvalue weighted by molar-refractivity contribution is 14.0. The lowest BCUT2D eigenvalue weighted by Crippen LogP contribution is -2.37. The van der Waals surface area contributed by atoms with Crippen LogP contribution in [0, 0.1) is 0 Å². The maximum Gasteiger partial charge on any atom is 0.253 e.